The van der Waals surface area contributed by atoms with E-state index in [4.69, 9.17) is 5.11 Å². The molecule has 110 valence electrons. The number of hydrogen-bond donors (Lipinski definition) is 1. The lowest BCUT2D eigenvalue weighted by atomic mass is 9.95. The van der Waals surface area contributed by atoms with Crippen LogP contribution in [0.3, 0.4) is 0 Å². The highest BCUT2D eigenvalue weighted by Crippen LogP contribution is 2.28. The molecule has 0 spiro atoms. The lowest BCUT2D eigenvalue weighted by molar-refractivity contribution is -0.142. The van der Waals surface area contributed by atoms with E-state index >= 15 is 0 Å². The van der Waals surface area contributed by atoms with Crippen molar-refractivity contribution in [3.05, 3.63) is 17.8 Å². The van der Waals surface area contributed by atoms with Crippen LogP contribution in [0, 0.1) is 5.92 Å². The van der Waals surface area contributed by atoms with Crippen molar-refractivity contribution in [2.45, 2.75) is 25.4 Å². The van der Waals surface area contributed by atoms with E-state index in [1.54, 1.807) is 4.90 Å². The maximum absolute atomic E-state index is 12.4. The molecule has 0 saturated carbocycles. The van der Waals surface area contributed by atoms with Gasteiger partial charge in [-0.15, -0.1) is 10.2 Å². The molecule has 1 aliphatic heterocycles. The van der Waals surface area contributed by atoms with E-state index in [2.05, 4.69) is 10.2 Å². The molecule has 5 nitrogen and oxygen atoms in total. The van der Waals surface area contributed by atoms with Gasteiger partial charge >= 0.3 is 12.1 Å². The molecule has 1 aliphatic rings. The summed E-state index contributed by atoms with van der Waals surface area (Å²) in [5.74, 6) is -0.520. The van der Waals surface area contributed by atoms with Crippen molar-refractivity contribution >= 4 is 11.8 Å². The Morgan fingerprint density at radius 1 is 1.40 bits per heavy atom. The first-order valence-electron chi connectivity index (χ1n) is 6.24. The molecule has 8 heteroatoms. The minimum atomic E-state index is -4.50. The van der Waals surface area contributed by atoms with Crippen LogP contribution in [-0.4, -0.2) is 34.4 Å². The molecule has 1 aromatic rings. The second kappa shape index (κ2) is 5.64. The number of halogens is 3. The van der Waals surface area contributed by atoms with Crippen LogP contribution >= 0.6 is 0 Å². The lowest BCUT2D eigenvalue weighted by Crippen LogP contribution is -2.37. The summed E-state index contributed by atoms with van der Waals surface area (Å²) < 4.78 is 37.2. The summed E-state index contributed by atoms with van der Waals surface area (Å²) in [7, 11) is 0. The van der Waals surface area contributed by atoms with Crippen LogP contribution in [0.1, 0.15) is 25.0 Å². The highest BCUT2D eigenvalue weighted by atomic mass is 19.4. The normalized spacial score (nSPS) is 19.9. The third kappa shape index (κ3) is 3.58. The molecule has 0 aliphatic carbocycles. The molecular formula is C12H14F3N3O2. The van der Waals surface area contributed by atoms with Crippen molar-refractivity contribution in [2.24, 2.45) is 5.92 Å². The van der Waals surface area contributed by atoms with Crippen LogP contribution in [-0.2, 0) is 11.0 Å². The summed E-state index contributed by atoms with van der Waals surface area (Å²) in [4.78, 5) is 12.5. The van der Waals surface area contributed by atoms with Crippen LogP contribution in [0.2, 0.25) is 0 Å². The van der Waals surface area contributed by atoms with E-state index < -0.39 is 17.8 Å². The first kappa shape index (κ1) is 14.5. The first-order valence-corrected chi connectivity index (χ1v) is 6.24. The minimum Gasteiger partial charge on any atom is -0.481 e. The van der Waals surface area contributed by atoms with Gasteiger partial charge in [0.15, 0.2) is 11.5 Å². The summed E-state index contributed by atoms with van der Waals surface area (Å²) in [5.41, 5.74) is -1.03. The highest BCUT2D eigenvalue weighted by molar-refractivity contribution is 5.67. The zero-order valence-electron chi connectivity index (χ0n) is 10.6. The molecule has 1 atom stereocenters. The first-order chi connectivity index (χ1) is 9.36. The predicted molar refractivity (Wildman–Crippen MR) is 64.2 cm³/mol. The SMILES string of the molecule is O=C(O)CC1CCCN(c2ccc(C(F)(F)F)nn2)C1. The fraction of sp³-hybridized carbons (Fsp3) is 0.583. The maximum Gasteiger partial charge on any atom is 0.435 e. The number of aromatic nitrogens is 2. The quantitative estimate of drug-likeness (QED) is 0.924. The second-order valence-electron chi connectivity index (χ2n) is 4.83. The molecule has 20 heavy (non-hydrogen) atoms. The number of nitrogens with zero attached hydrogens (tertiary/aromatic N) is 3. The minimum absolute atomic E-state index is 0.00894. The van der Waals surface area contributed by atoms with Gasteiger partial charge in [-0.25, -0.2) is 0 Å². The number of hydrogen-bond acceptors (Lipinski definition) is 4. The summed E-state index contributed by atoms with van der Waals surface area (Å²) in [6, 6.07) is 2.17. The second-order valence-corrected chi connectivity index (χ2v) is 4.83. The van der Waals surface area contributed by atoms with Gasteiger partial charge in [0.25, 0.3) is 0 Å². The highest BCUT2D eigenvalue weighted by Gasteiger charge is 2.33. The number of anilines is 1. The lowest BCUT2D eigenvalue weighted by Gasteiger charge is -2.32. The van der Waals surface area contributed by atoms with Gasteiger partial charge in [-0.3, -0.25) is 4.79 Å². The monoisotopic (exact) mass is 289 g/mol. The molecule has 2 heterocycles. The van der Waals surface area contributed by atoms with E-state index in [-0.39, 0.29) is 12.3 Å². The van der Waals surface area contributed by atoms with Crippen LogP contribution in [0.15, 0.2) is 12.1 Å². The van der Waals surface area contributed by atoms with Crippen LogP contribution in [0.4, 0.5) is 19.0 Å². The largest absolute Gasteiger partial charge is 0.481 e. The molecule has 1 N–H and O–H groups in total. The Morgan fingerprint density at radius 3 is 2.70 bits per heavy atom. The number of rotatable bonds is 3. The number of carboxylic acid groups (broad SMARTS) is 1. The Bertz CT molecular complexity index is 476. The predicted octanol–water partition coefficient (Wildman–Crippen LogP) is 2.19. The third-order valence-corrected chi connectivity index (χ3v) is 3.25. The van der Waals surface area contributed by atoms with Gasteiger partial charge in [0.05, 0.1) is 0 Å². The Morgan fingerprint density at radius 2 is 2.15 bits per heavy atom. The molecule has 0 amide bonds. The standard InChI is InChI=1S/C12H14F3N3O2/c13-12(14,15)9-3-4-10(17-16-9)18-5-1-2-8(7-18)6-11(19)20/h3-4,8H,1-2,5-7H2,(H,19,20). The van der Waals surface area contributed by atoms with E-state index in [1.807, 2.05) is 0 Å². The number of carbonyl (C=O) groups is 1. The fourth-order valence-corrected chi connectivity index (χ4v) is 2.33. The van der Waals surface area contributed by atoms with Crippen molar-refractivity contribution in [3.8, 4) is 0 Å². The van der Waals surface area contributed by atoms with Crippen molar-refractivity contribution < 1.29 is 23.1 Å². The van der Waals surface area contributed by atoms with E-state index in [1.165, 1.54) is 6.07 Å². The van der Waals surface area contributed by atoms with E-state index in [0.29, 0.717) is 18.9 Å². The summed E-state index contributed by atoms with van der Waals surface area (Å²) >= 11 is 0. The Kier molecular flexibility index (Phi) is 4.10. The summed E-state index contributed by atoms with van der Waals surface area (Å²) in [5, 5.41) is 15.5. The fourth-order valence-electron chi connectivity index (χ4n) is 2.33. The van der Waals surface area contributed by atoms with Crippen LogP contribution in [0.25, 0.3) is 0 Å². The number of alkyl halides is 3. The molecule has 1 aromatic heterocycles. The van der Waals surface area contributed by atoms with E-state index in [0.717, 1.165) is 18.9 Å². The van der Waals surface area contributed by atoms with Gasteiger partial charge in [0.2, 0.25) is 0 Å². The maximum atomic E-state index is 12.4. The Hall–Kier alpha value is -1.86. The van der Waals surface area contributed by atoms with Crippen LogP contribution < -0.4 is 4.90 Å². The third-order valence-electron chi connectivity index (χ3n) is 3.25. The van der Waals surface area contributed by atoms with Crippen molar-refractivity contribution in [2.75, 3.05) is 18.0 Å². The smallest absolute Gasteiger partial charge is 0.435 e. The van der Waals surface area contributed by atoms with Crippen molar-refractivity contribution in [1.29, 1.82) is 0 Å². The van der Waals surface area contributed by atoms with Gasteiger partial charge in [0.1, 0.15) is 0 Å². The van der Waals surface area contributed by atoms with Gasteiger partial charge in [-0.2, -0.15) is 13.2 Å². The summed E-state index contributed by atoms with van der Waals surface area (Å²) in [6.45, 7) is 1.13. The molecule has 0 bridgehead atoms. The van der Waals surface area contributed by atoms with Gasteiger partial charge < -0.3 is 10.0 Å². The average Bonchev–Trinajstić information content (AvgIpc) is 2.37. The van der Waals surface area contributed by atoms with Crippen LogP contribution in [0.5, 0.6) is 0 Å². The zero-order chi connectivity index (χ0) is 14.8. The van der Waals surface area contributed by atoms with E-state index in [9.17, 15) is 18.0 Å². The molecular weight excluding hydrogens is 275 g/mol. The Labute approximate surface area is 113 Å². The van der Waals surface area contributed by atoms with Crippen molar-refractivity contribution in [1.82, 2.24) is 10.2 Å². The molecule has 0 radical (unpaired) electrons. The average molecular weight is 289 g/mol. The van der Waals surface area contributed by atoms with Crippen molar-refractivity contribution in [3.63, 3.8) is 0 Å². The van der Waals surface area contributed by atoms with Gasteiger partial charge in [-0.1, -0.05) is 0 Å². The molecule has 1 fully saturated rings. The number of piperidine rings is 1. The zero-order valence-corrected chi connectivity index (χ0v) is 10.6. The van der Waals surface area contributed by atoms with Gasteiger partial charge in [0, 0.05) is 19.5 Å². The molecule has 1 unspecified atom stereocenters. The topological polar surface area (TPSA) is 66.3 Å². The molecule has 0 aromatic carbocycles. The number of carboxylic acids is 1. The molecule has 1 saturated heterocycles. The summed E-state index contributed by atoms with van der Waals surface area (Å²) in [6.07, 6.45) is -2.85. The van der Waals surface area contributed by atoms with Gasteiger partial charge in [-0.05, 0) is 30.9 Å². The number of aliphatic carboxylic acids is 1. The molecule has 2 rings (SSSR count). The Balaban J connectivity index is 2.05.